The van der Waals surface area contributed by atoms with Gasteiger partial charge in [0.05, 0.1) is 12.5 Å². The van der Waals surface area contributed by atoms with Crippen LogP contribution in [0.4, 0.5) is 13.2 Å². The normalized spacial score (nSPS) is 14.1. The lowest BCUT2D eigenvalue weighted by atomic mass is 10.2. The summed E-state index contributed by atoms with van der Waals surface area (Å²) in [6, 6.07) is 0. The van der Waals surface area contributed by atoms with Crippen molar-refractivity contribution in [1.29, 1.82) is 0 Å². The van der Waals surface area contributed by atoms with E-state index in [0.29, 0.717) is 6.54 Å². The molecule has 0 saturated carbocycles. The number of rotatable bonds is 7. The second kappa shape index (κ2) is 6.70. The quantitative estimate of drug-likeness (QED) is 0.737. The van der Waals surface area contributed by atoms with Gasteiger partial charge in [0.2, 0.25) is 0 Å². The van der Waals surface area contributed by atoms with Crippen LogP contribution in [-0.4, -0.2) is 48.6 Å². The van der Waals surface area contributed by atoms with Crippen molar-refractivity contribution in [2.45, 2.75) is 20.2 Å². The maximum absolute atomic E-state index is 11.7. The average Bonchev–Trinajstić information content (AvgIpc) is 2.13. The van der Waals surface area contributed by atoms with E-state index in [9.17, 15) is 18.0 Å². The van der Waals surface area contributed by atoms with Gasteiger partial charge in [-0.25, -0.2) is 0 Å². The van der Waals surface area contributed by atoms with Crippen molar-refractivity contribution in [1.82, 2.24) is 4.90 Å². The Kier molecular flexibility index (Phi) is 6.35. The summed E-state index contributed by atoms with van der Waals surface area (Å²) in [5.41, 5.74) is 0. The third kappa shape index (κ3) is 7.47. The third-order valence-electron chi connectivity index (χ3n) is 2.07. The first-order chi connectivity index (χ1) is 7.26. The van der Waals surface area contributed by atoms with Crippen molar-refractivity contribution in [2.24, 2.45) is 5.92 Å². The number of carboxylic acids is 1. The van der Waals surface area contributed by atoms with Gasteiger partial charge in [0, 0.05) is 13.1 Å². The maximum Gasteiger partial charge on any atom is 0.522 e. The zero-order chi connectivity index (χ0) is 12.8. The highest BCUT2D eigenvalue weighted by Crippen LogP contribution is 2.15. The second-order valence-electron chi connectivity index (χ2n) is 3.43. The summed E-state index contributed by atoms with van der Waals surface area (Å²) in [5, 5.41) is 8.64. The summed E-state index contributed by atoms with van der Waals surface area (Å²) in [4.78, 5) is 12.1. The molecule has 0 bridgehead atoms. The van der Waals surface area contributed by atoms with E-state index in [1.165, 1.54) is 6.92 Å². The van der Waals surface area contributed by atoms with Crippen LogP contribution in [0.3, 0.4) is 0 Å². The molecule has 4 nitrogen and oxygen atoms in total. The molecule has 0 aromatic heterocycles. The van der Waals surface area contributed by atoms with Crippen LogP contribution in [0.5, 0.6) is 0 Å². The first kappa shape index (κ1) is 15.2. The minimum absolute atomic E-state index is 0.0631. The summed E-state index contributed by atoms with van der Waals surface area (Å²) >= 11 is 0. The maximum atomic E-state index is 11.7. The third-order valence-corrected chi connectivity index (χ3v) is 2.07. The van der Waals surface area contributed by atoms with Crippen molar-refractivity contribution in [2.75, 3.05) is 26.2 Å². The fraction of sp³-hybridized carbons (Fsp3) is 0.889. The molecule has 0 amide bonds. The standard InChI is InChI=1S/C9H16F3NO3/c1-3-13(6-7(2)8(14)15)4-5-16-9(10,11)12/h7H,3-6H2,1-2H3,(H,14,15). The number of carbonyl (C=O) groups is 1. The molecule has 7 heteroatoms. The number of likely N-dealkylation sites (N-methyl/N-ethyl adjacent to an activating group) is 1. The Morgan fingerprint density at radius 3 is 2.44 bits per heavy atom. The molecule has 0 heterocycles. The zero-order valence-electron chi connectivity index (χ0n) is 9.25. The smallest absolute Gasteiger partial charge is 0.481 e. The van der Waals surface area contributed by atoms with Crippen LogP contribution in [0, 0.1) is 5.92 Å². The van der Waals surface area contributed by atoms with Gasteiger partial charge < -0.3 is 10.0 Å². The van der Waals surface area contributed by atoms with Crippen LogP contribution in [-0.2, 0) is 9.53 Å². The average molecular weight is 243 g/mol. The Morgan fingerprint density at radius 2 is 2.06 bits per heavy atom. The van der Waals surface area contributed by atoms with Crippen molar-refractivity contribution >= 4 is 5.97 Å². The summed E-state index contributed by atoms with van der Waals surface area (Å²) in [7, 11) is 0. The second-order valence-corrected chi connectivity index (χ2v) is 3.43. The molecule has 1 unspecified atom stereocenters. The van der Waals surface area contributed by atoms with E-state index in [2.05, 4.69) is 4.74 Å². The highest BCUT2D eigenvalue weighted by Gasteiger charge is 2.29. The molecule has 0 aliphatic heterocycles. The molecule has 1 N–H and O–H groups in total. The van der Waals surface area contributed by atoms with Crippen LogP contribution in [0.1, 0.15) is 13.8 Å². The van der Waals surface area contributed by atoms with Gasteiger partial charge in [-0.3, -0.25) is 9.53 Å². The predicted molar refractivity (Wildman–Crippen MR) is 50.9 cm³/mol. The van der Waals surface area contributed by atoms with E-state index < -0.39 is 24.9 Å². The van der Waals surface area contributed by atoms with Crippen LogP contribution >= 0.6 is 0 Å². The van der Waals surface area contributed by atoms with Gasteiger partial charge in [-0.1, -0.05) is 13.8 Å². The minimum Gasteiger partial charge on any atom is -0.481 e. The van der Waals surface area contributed by atoms with Gasteiger partial charge >= 0.3 is 12.3 Å². The molecule has 0 aliphatic carbocycles. The summed E-state index contributed by atoms with van der Waals surface area (Å²) in [6.45, 7) is 3.54. The number of ether oxygens (including phenoxy) is 1. The number of aliphatic carboxylic acids is 1. The Balaban J connectivity index is 3.88. The van der Waals surface area contributed by atoms with Gasteiger partial charge in [-0.05, 0) is 6.54 Å². The fourth-order valence-electron chi connectivity index (χ4n) is 1.13. The van der Waals surface area contributed by atoms with Crippen LogP contribution < -0.4 is 0 Å². The van der Waals surface area contributed by atoms with Crippen molar-refractivity contribution in [3.05, 3.63) is 0 Å². The number of halogens is 3. The van der Waals surface area contributed by atoms with Crippen LogP contribution in [0.25, 0.3) is 0 Å². The molecular weight excluding hydrogens is 227 g/mol. The Bertz CT molecular complexity index is 221. The molecule has 0 aliphatic rings. The molecule has 0 saturated heterocycles. The van der Waals surface area contributed by atoms with E-state index >= 15 is 0 Å². The summed E-state index contributed by atoms with van der Waals surface area (Å²) < 4.78 is 38.6. The number of carboxylic acid groups (broad SMARTS) is 1. The zero-order valence-corrected chi connectivity index (χ0v) is 9.25. The van der Waals surface area contributed by atoms with Crippen LogP contribution in [0.15, 0.2) is 0 Å². The topological polar surface area (TPSA) is 49.8 Å². The van der Waals surface area contributed by atoms with E-state index in [1.54, 1.807) is 11.8 Å². The molecule has 0 spiro atoms. The first-order valence-corrected chi connectivity index (χ1v) is 4.92. The molecule has 0 fully saturated rings. The Hall–Kier alpha value is -0.820. The summed E-state index contributed by atoms with van der Waals surface area (Å²) in [5.74, 6) is -1.57. The molecule has 0 aromatic carbocycles. The molecule has 0 rings (SSSR count). The Morgan fingerprint density at radius 1 is 1.50 bits per heavy atom. The Labute approximate surface area is 92.0 Å². The lowest BCUT2D eigenvalue weighted by molar-refractivity contribution is -0.325. The molecule has 0 radical (unpaired) electrons. The molecule has 1 atom stereocenters. The minimum atomic E-state index is -4.63. The predicted octanol–water partition coefficient (Wildman–Crippen LogP) is 1.57. The van der Waals surface area contributed by atoms with Gasteiger partial charge in [-0.15, -0.1) is 13.2 Å². The molecular formula is C9H16F3NO3. The van der Waals surface area contributed by atoms with E-state index in [1.807, 2.05) is 0 Å². The number of hydrogen-bond donors (Lipinski definition) is 1. The first-order valence-electron chi connectivity index (χ1n) is 4.92. The fourth-order valence-corrected chi connectivity index (χ4v) is 1.13. The van der Waals surface area contributed by atoms with Crippen molar-refractivity contribution in [3.8, 4) is 0 Å². The number of alkyl halides is 3. The largest absolute Gasteiger partial charge is 0.522 e. The molecule has 96 valence electrons. The van der Waals surface area contributed by atoms with E-state index in [-0.39, 0.29) is 13.1 Å². The number of hydrogen-bond acceptors (Lipinski definition) is 3. The lowest BCUT2D eigenvalue weighted by Gasteiger charge is -2.22. The van der Waals surface area contributed by atoms with Gasteiger partial charge in [0.25, 0.3) is 0 Å². The van der Waals surface area contributed by atoms with E-state index in [0.717, 1.165) is 0 Å². The van der Waals surface area contributed by atoms with E-state index in [4.69, 9.17) is 5.11 Å². The SMILES string of the molecule is CCN(CCOC(F)(F)F)CC(C)C(=O)O. The van der Waals surface area contributed by atoms with Gasteiger partial charge in [0.1, 0.15) is 0 Å². The molecule has 16 heavy (non-hydrogen) atoms. The number of nitrogens with zero attached hydrogens (tertiary/aromatic N) is 1. The van der Waals surface area contributed by atoms with Gasteiger partial charge in [0.15, 0.2) is 0 Å². The highest BCUT2D eigenvalue weighted by atomic mass is 19.4. The van der Waals surface area contributed by atoms with Crippen LogP contribution in [0.2, 0.25) is 0 Å². The van der Waals surface area contributed by atoms with Crippen molar-refractivity contribution in [3.63, 3.8) is 0 Å². The van der Waals surface area contributed by atoms with Crippen molar-refractivity contribution < 1.29 is 27.8 Å². The monoisotopic (exact) mass is 243 g/mol. The van der Waals surface area contributed by atoms with Gasteiger partial charge in [-0.2, -0.15) is 0 Å². The lowest BCUT2D eigenvalue weighted by Crippen LogP contribution is -2.35. The highest BCUT2D eigenvalue weighted by molar-refractivity contribution is 5.69. The summed E-state index contributed by atoms with van der Waals surface area (Å²) in [6.07, 6.45) is -4.63. The molecule has 0 aromatic rings.